The third kappa shape index (κ3) is 4.32. The van der Waals surface area contributed by atoms with E-state index in [0.717, 1.165) is 12.0 Å². The normalized spacial score (nSPS) is 13.4. The van der Waals surface area contributed by atoms with Gasteiger partial charge in [-0.15, -0.1) is 0 Å². The van der Waals surface area contributed by atoms with Gasteiger partial charge in [0.2, 0.25) is 5.88 Å². The highest BCUT2D eigenvalue weighted by atomic mass is 19.1. The summed E-state index contributed by atoms with van der Waals surface area (Å²) >= 11 is 0. The number of halogens is 1. The molecule has 1 aliphatic heterocycles. The molecule has 7 nitrogen and oxygen atoms in total. The summed E-state index contributed by atoms with van der Waals surface area (Å²) in [6.45, 7) is 2.20. The molecule has 158 valence electrons. The number of aromatic nitrogens is 1. The minimum absolute atomic E-state index is 0.00111. The number of esters is 1. The number of carbonyl (C=O) groups is 1. The lowest BCUT2D eigenvalue weighted by atomic mass is 10.1. The zero-order valence-electron chi connectivity index (χ0n) is 16.8. The second kappa shape index (κ2) is 8.83. The van der Waals surface area contributed by atoms with Crippen molar-refractivity contribution in [1.82, 2.24) is 4.98 Å². The topological polar surface area (TPSA) is 97.0 Å². The minimum Gasteiger partial charge on any atom is -0.504 e. The molecule has 3 aromatic rings. The van der Waals surface area contributed by atoms with Gasteiger partial charge >= 0.3 is 5.97 Å². The summed E-state index contributed by atoms with van der Waals surface area (Å²) in [7, 11) is 0. The zero-order valence-corrected chi connectivity index (χ0v) is 16.8. The van der Waals surface area contributed by atoms with Crippen LogP contribution in [0.15, 0.2) is 52.0 Å². The lowest BCUT2D eigenvalue weighted by molar-refractivity contribution is 0.0497. The number of nitrogens with one attached hydrogen (secondary N) is 1. The standard InChI is InChI=1S/C23H20FN3O4/c1-2-3-11-30-23(29)19-20(28)18(12-14-13-26-21-17(14)5-4-10-25-21)31-22(19)27-16-8-6-15(24)7-9-16/h4-10,12-13,27-28H,2-3,11H2,1H3. The molecule has 0 radical (unpaired) electrons. The number of anilines is 2. The van der Waals surface area contributed by atoms with Crippen LogP contribution in [-0.2, 0) is 4.74 Å². The molecule has 0 saturated heterocycles. The number of ether oxygens (including phenoxy) is 1. The molecule has 8 heteroatoms. The summed E-state index contributed by atoms with van der Waals surface area (Å²) in [6, 6.07) is 9.15. The Kier molecular flexibility index (Phi) is 5.79. The van der Waals surface area contributed by atoms with Crippen molar-refractivity contribution in [3.63, 3.8) is 0 Å². The van der Waals surface area contributed by atoms with Crippen LogP contribution in [0.4, 0.5) is 21.8 Å². The highest BCUT2D eigenvalue weighted by Gasteiger charge is 2.27. The molecular formula is C23H20FN3O4. The fourth-order valence-corrected chi connectivity index (χ4v) is 3.04. The van der Waals surface area contributed by atoms with E-state index in [-0.39, 0.29) is 29.6 Å². The van der Waals surface area contributed by atoms with Gasteiger partial charge in [0.15, 0.2) is 22.9 Å². The van der Waals surface area contributed by atoms with Crippen molar-refractivity contribution in [2.75, 3.05) is 11.9 Å². The maximum absolute atomic E-state index is 13.2. The first-order chi connectivity index (χ1) is 15.1. The first-order valence-corrected chi connectivity index (χ1v) is 9.83. The van der Waals surface area contributed by atoms with Gasteiger partial charge in [-0.2, -0.15) is 0 Å². The smallest absolute Gasteiger partial charge is 0.347 e. The van der Waals surface area contributed by atoms with Gasteiger partial charge in [-0.25, -0.2) is 19.2 Å². The molecule has 0 amide bonds. The number of carbonyl (C=O) groups excluding carboxylic acids is 1. The fraction of sp³-hybridized carbons (Fsp3) is 0.174. The lowest BCUT2D eigenvalue weighted by Gasteiger charge is -2.06. The summed E-state index contributed by atoms with van der Waals surface area (Å²) in [6.07, 6.45) is 6.37. The lowest BCUT2D eigenvalue weighted by Crippen LogP contribution is -2.08. The maximum atomic E-state index is 13.2. The van der Waals surface area contributed by atoms with E-state index in [1.807, 2.05) is 13.0 Å². The van der Waals surface area contributed by atoms with Crippen LogP contribution >= 0.6 is 0 Å². The summed E-state index contributed by atoms with van der Waals surface area (Å²) in [5.41, 5.74) is 1.80. The molecule has 0 saturated carbocycles. The highest BCUT2D eigenvalue weighted by Crippen LogP contribution is 2.39. The van der Waals surface area contributed by atoms with E-state index < -0.39 is 11.8 Å². The van der Waals surface area contributed by atoms with Crippen LogP contribution in [0.3, 0.4) is 0 Å². The van der Waals surface area contributed by atoms with E-state index in [1.54, 1.807) is 24.6 Å². The van der Waals surface area contributed by atoms with Gasteiger partial charge in [0, 0.05) is 29.2 Å². The number of unbranched alkanes of at least 4 members (excludes halogenated alkanes) is 1. The Labute approximate surface area is 177 Å². The summed E-state index contributed by atoms with van der Waals surface area (Å²) in [4.78, 5) is 21.1. The Morgan fingerprint density at radius 2 is 2.10 bits per heavy atom. The van der Waals surface area contributed by atoms with Gasteiger partial charge < -0.3 is 19.6 Å². The Morgan fingerprint density at radius 1 is 1.29 bits per heavy atom. The largest absolute Gasteiger partial charge is 0.504 e. The first-order valence-electron chi connectivity index (χ1n) is 9.83. The van der Waals surface area contributed by atoms with Crippen LogP contribution in [0, 0.1) is 5.82 Å². The van der Waals surface area contributed by atoms with E-state index in [0.29, 0.717) is 23.5 Å². The Hall–Kier alpha value is -3.94. The average Bonchev–Trinajstić information content (AvgIpc) is 3.31. The molecule has 1 aromatic carbocycles. The molecule has 3 heterocycles. The predicted molar refractivity (Wildman–Crippen MR) is 116 cm³/mol. The van der Waals surface area contributed by atoms with E-state index in [9.17, 15) is 14.3 Å². The van der Waals surface area contributed by atoms with Crippen molar-refractivity contribution in [2.45, 2.75) is 19.8 Å². The summed E-state index contributed by atoms with van der Waals surface area (Å²) < 4.78 is 24.3. The van der Waals surface area contributed by atoms with Crippen molar-refractivity contribution in [3.8, 4) is 5.75 Å². The van der Waals surface area contributed by atoms with Gasteiger partial charge in [-0.05, 0) is 48.9 Å². The van der Waals surface area contributed by atoms with Crippen LogP contribution in [0.25, 0.3) is 11.6 Å². The Morgan fingerprint density at radius 3 is 2.87 bits per heavy atom. The van der Waals surface area contributed by atoms with Gasteiger partial charge in [0.05, 0.1) is 6.61 Å². The summed E-state index contributed by atoms with van der Waals surface area (Å²) in [5.74, 6) is -0.853. The molecule has 0 bridgehead atoms. The van der Waals surface area contributed by atoms with Crippen molar-refractivity contribution < 1.29 is 23.4 Å². The van der Waals surface area contributed by atoms with Crippen LogP contribution in [0.1, 0.15) is 41.4 Å². The molecule has 1 aliphatic rings. The number of furan rings is 1. The van der Waals surface area contributed by atoms with Gasteiger partial charge in [-0.1, -0.05) is 13.3 Å². The predicted octanol–water partition coefficient (Wildman–Crippen LogP) is 5.48. The zero-order chi connectivity index (χ0) is 21.8. The number of aliphatic imine (C=N–C) groups is 1. The summed E-state index contributed by atoms with van der Waals surface area (Å²) in [5, 5.41) is 13.7. The molecule has 2 aromatic heterocycles. The molecule has 0 unspecified atom stereocenters. The van der Waals surface area contributed by atoms with E-state index in [4.69, 9.17) is 9.15 Å². The van der Waals surface area contributed by atoms with Gasteiger partial charge in [-0.3, -0.25) is 0 Å². The number of fused-ring (bicyclic) bond motifs is 1. The molecule has 0 fully saturated rings. The second-order valence-corrected chi connectivity index (χ2v) is 6.87. The van der Waals surface area contributed by atoms with Crippen LogP contribution in [0.2, 0.25) is 0 Å². The fourth-order valence-electron chi connectivity index (χ4n) is 3.04. The third-order valence-electron chi connectivity index (χ3n) is 4.66. The molecule has 4 rings (SSSR count). The molecule has 0 atom stereocenters. The maximum Gasteiger partial charge on any atom is 0.347 e. The quantitative estimate of drug-likeness (QED) is 0.387. The minimum atomic E-state index is -0.717. The van der Waals surface area contributed by atoms with Gasteiger partial charge in [0.1, 0.15) is 5.82 Å². The SMILES string of the molecule is CCCCOC(=O)c1c(Nc2ccc(F)cc2)oc(C=C2C=Nc3ncccc32)c1O. The molecule has 0 spiro atoms. The number of allylic oxidation sites excluding steroid dienone is 1. The van der Waals surface area contributed by atoms with E-state index in [2.05, 4.69) is 15.3 Å². The third-order valence-corrected chi connectivity index (χ3v) is 4.66. The van der Waals surface area contributed by atoms with E-state index >= 15 is 0 Å². The molecular weight excluding hydrogens is 401 g/mol. The van der Waals surface area contributed by atoms with E-state index in [1.165, 1.54) is 24.3 Å². The number of hydrogen-bond acceptors (Lipinski definition) is 7. The molecule has 0 aliphatic carbocycles. The number of aromatic hydroxyl groups is 1. The number of pyridine rings is 1. The Bertz CT molecular complexity index is 1170. The second-order valence-electron chi connectivity index (χ2n) is 6.87. The average molecular weight is 421 g/mol. The Balaban J connectivity index is 1.71. The van der Waals surface area contributed by atoms with Crippen LogP contribution in [-0.4, -0.2) is 28.9 Å². The van der Waals surface area contributed by atoms with Gasteiger partial charge in [0.25, 0.3) is 0 Å². The molecule has 2 N–H and O–H groups in total. The van der Waals surface area contributed by atoms with Crippen molar-refractivity contribution in [2.24, 2.45) is 4.99 Å². The van der Waals surface area contributed by atoms with Crippen molar-refractivity contribution in [1.29, 1.82) is 0 Å². The van der Waals surface area contributed by atoms with Crippen molar-refractivity contribution in [3.05, 3.63) is 65.3 Å². The number of nitrogens with zero attached hydrogens (tertiary/aromatic N) is 2. The monoisotopic (exact) mass is 421 g/mol. The van der Waals surface area contributed by atoms with Crippen LogP contribution < -0.4 is 5.32 Å². The van der Waals surface area contributed by atoms with Crippen molar-refractivity contribution >= 4 is 41.2 Å². The first kappa shape index (κ1) is 20.3. The number of rotatable bonds is 7. The van der Waals surface area contributed by atoms with Crippen LogP contribution in [0.5, 0.6) is 5.75 Å². The highest BCUT2D eigenvalue weighted by molar-refractivity contribution is 6.21. The number of hydrogen-bond donors (Lipinski definition) is 2. The molecule has 31 heavy (non-hydrogen) atoms. The number of benzene rings is 1.